The molecule has 0 spiro atoms. The van der Waals surface area contributed by atoms with Crippen molar-refractivity contribution in [3.63, 3.8) is 0 Å². The van der Waals surface area contributed by atoms with Crippen LogP contribution >= 0.6 is 0 Å². The monoisotopic (exact) mass is 268 g/mol. The molecule has 0 aliphatic carbocycles. The fourth-order valence-electron chi connectivity index (χ4n) is 1.75. The van der Waals surface area contributed by atoms with Gasteiger partial charge in [-0.3, -0.25) is 4.79 Å². The number of carbonyl (C=O) groups is 1. The van der Waals surface area contributed by atoms with E-state index in [9.17, 15) is 4.79 Å². The summed E-state index contributed by atoms with van der Waals surface area (Å²) in [6.45, 7) is 4.64. The Morgan fingerprint density at radius 2 is 2.00 bits per heavy atom. The van der Waals surface area contributed by atoms with Crippen LogP contribution in [0.3, 0.4) is 0 Å². The lowest BCUT2D eigenvalue weighted by Crippen LogP contribution is -2.54. The van der Waals surface area contributed by atoms with Gasteiger partial charge in [-0.15, -0.1) is 0 Å². The van der Waals surface area contributed by atoms with E-state index >= 15 is 0 Å². The standard InChI is InChI=1S/C14H21NO4/c1-4-18-13-8-10(6-7-12(13)17-3)11(15)9-14(16)19-5-2/h6-8,11H,4-5,9,15H2,1-3H3/p+1/t11-/m1/s1. The molecule has 5 nitrogen and oxygen atoms in total. The Morgan fingerprint density at radius 3 is 2.58 bits per heavy atom. The second kappa shape index (κ2) is 7.63. The molecule has 1 aromatic carbocycles. The molecule has 0 saturated heterocycles. The summed E-state index contributed by atoms with van der Waals surface area (Å²) in [5.74, 6) is 1.10. The molecule has 0 bridgehead atoms. The van der Waals surface area contributed by atoms with Crippen LogP contribution in [-0.4, -0.2) is 26.3 Å². The molecule has 0 saturated carbocycles. The van der Waals surface area contributed by atoms with Crippen LogP contribution in [0.1, 0.15) is 31.9 Å². The first-order chi connectivity index (χ1) is 9.12. The van der Waals surface area contributed by atoms with E-state index < -0.39 is 0 Å². The normalized spacial score (nSPS) is 11.8. The summed E-state index contributed by atoms with van der Waals surface area (Å²) in [7, 11) is 1.60. The highest BCUT2D eigenvalue weighted by Gasteiger charge is 2.17. The van der Waals surface area contributed by atoms with E-state index in [2.05, 4.69) is 5.73 Å². The summed E-state index contributed by atoms with van der Waals surface area (Å²) < 4.78 is 15.6. The largest absolute Gasteiger partial charge is 0.493 e. The van der Waals surface area contributed by atoms with Gasteiger partial charge < -0.3 is 19.9 Å². The number of esters is 1. The van der Waals surface area contributed by atoms with Gasteiger partial charge in [0.05, 0.1) is 20.3 Å². The van der Waals surface area contributed by atoms with Crippen molar-refractivity contribution in [1.82, 2.24) is 0 Å². The minimum absolute atomic E-state index is 0.163. The van der Waals surface area contributed by atoms with Gasteiger partial charge in [-0.1, -0.05) is 0 Å². The summed E-state index contributed by atoms with van der Waals surface area (Å²) in [4.78, 5) is 11.4. The van der Waals surface area contributed by atoms with Gasteiger partial charge >= 0.3 is 5.97 Å². The zero-order valence-electron chi connectivity index (χ0n) is 11.8. The Kier molecular flexibility index (Phi) is 6.15. The molecule has 1 atom stereocenters. The minimum atomic E-state index is -0.240. The predicted molar refractivity (Wildman–Crippen MR) is 71.0 cm³/mol. The topological polar surface area (TPSA) is 72.4 Å². The zero-order valence-corrected chi connectivity index (χ0v) is 11.8. The van der Waals surface area contributed by atoms with Gasteiger partial charge in [0.15, 0.2) is 11.5 Å². The molecule has 0 unspecified atom stereocenters. The van der Waals surface area contributed by atoms with Crippen LogP contribution in [0.15, 0.2) is 18.2 Å². The van der Waals surface area contributed by atoms with Crippen molar-refractivity contribution < 1.29 is 24.7 Å². The first-order valence-electron chi connectivity index (χ1n) is 6.41. The lowest BCUT2D eigenvalue weighted by atomic mass is 10.0. The molecule has 0 aliphatic rings. The van der Waals surface area contributed by atoms with Gasteiger partial charge in [0.2, 0.25) is 0 Å². The van der Waals surface area contributed by atoms with Crippen molar-refractivity contribution in [3.8, 4) is 11.5 Å². The van der Waals surface area contributed by atoms with E-state index in [-0.39, 0.29) is 18.4 Å². The molecule has 0 radical (unpaired) electrons. The van der Waals surface area contributed by atoms with Crippen LogP contribution in [0, 0.1) is 0 Å². The van der Waals surface area contributed by atoms with Crippen LogP contribution in [0.2, 0.25) is 0 Å². The summed E-state index contributed by atoms with van der Waals surface area (Å²) in [5, 5.41) is 0. The first kappa shape index (κ1) is 15.3. The fraction of sp³-hybridized carbons (Fsp3) is 0.500. The van der Waals surface area contributed by atoms with Crippen LogP contribution in [0.25, 0.3) is 0 Å². The van der Waals surface area contributed by atoms with Crippen LogP contribution in [-0.2, 0) is 9.53 Å². The minimum Gasteiger partial charge on any atom is -0.493 e. The van der Waals surface area contributed by atoms with E-state index in [4.69, 9.17) is 14.2 Å². The van der Waals surface area contributed by atoms with Gasteiger partial charge in [-0.25, -0.2) is 0 Å². The van der Waals surface area contributed by atoms with Crippen molar-refractivity contribution in [2.75, 3.05) is 20.3 Å². The van der Waals surface area contributed by atoms with Crippen molar-refractivity contribution in [2.24, 2.45) is 0 Å². The molecule has 0 fully saturated rings. The predicted octanol–water partition coefficient (Wildman–Crippen LogP) is 1.33. The van der Waals surface area contributed by atoms with Gasteiger partial charge in [0, 0.05) is 5.56 Å². The summed E-state index contributed by atoms with van der Waals surface area (Å²) >= 11 is 0. The number of hydrogen-bond acceptors (Lipinski definition) is 4. The molecule has 19 heavy (non-hydrogen) atoms. The highest BCUT2D eigenvalue weighted by molar-refractivity contribution is 5.70. The average molecular weight is 268 g/mol. The van der Waals surface area contributed by atoms with Gasteiger partial charge in [0.1, 0.15) is 12.5 Å². The number of hydrogen-bond donors (Lipinski definition) is 1. The maximum absolute atomic E-state index is 11.4. The molecule has 5 heteroatoms. The maximum Gasteiger partial charge on any atom is 0.312 e. The van der Waals surface area contributed by atoms with E-state index in [0.717, 1.165) is 5.56 Å². The third-order valence-corrected chi connectivity index (χ3v) is 2.68. The third kappa shape index (κ3) is 4.44. The van der Waals surface area contributed by atoms with Crippen LogP contribution in [0.4, 0.5) is 0 Å². The lowest BCUT2D eigenvalue weighted by molar-refractivity contribution is -0.425. The molecule has 1 aromatic rings. The molecule has 0 aliphatic heterocycles. The van der Waals surface area contributed by atoms with Crippen molar-refractivity contribution in [1.29, 1.82) is 0 Å². The van der Waals surface area contributed by atoms with Crippen molar-refractivity contribution in [3.05, 3.63) is 23.8 Å². The number of quaternary nitrogens is 1. The molecule has 0 aromatic heterocycles. The highest BCUT2D eigenvalue weighted by atomic mass is 16.5. The Balaban J connectivity index is 2.82. The Hall–Kier alpha value is -1.75. The highest BCUT2D eigenvalue weighted by Crippen LogP contribution is 2.30. The third-order valence-electron chi connectivity index (χ3n) is 2.68. The van der Waals surface area contributed by atoms with E-state index in [1.165, 1.54) is 0 Å². The summed E-state index contributed by atoms with van der Waals surface area (Å²) in [5.41, 5.74) is 4.92. The fourth-order valence-corrected chi connectivity index (χ4v) is 1.75. The molecule has 1 rings (SSSR count). The smallest absolute Gasteiger partial charge is 0.312 e. The van der Waals surface area contributed by atoms with Crippen molar-refractivity contribution in [2.45, 2.75) is 26.3 Å². The van der Waals surface area contributed by atoms with Gasteiger partial charge in [-0.2, -0.15) is 0 Å². The van der Waals surface area contributed by atoms with Crippen LogP contribution in [0.5, 0.6) is 11.5 Å². The Bertz CT molecular complexity index is 420. The molecular weight excluding hydrogens is 246 g/mol. The van der Waals surface area contributed by atoms with E-state index in [0.29, 0.717) is 24.7 Å². The number of carbonyl (C=O) groups excluding carboxylic acids is 1. The van der Waals surface area contributed by atoms with E-state index in [1.807, 2.05) is 25.1 Å². The number of methoxy groups -OCH3 is 1. The molecule has 106 valence electrons. The zero-order chi connectivity index (χ0) is 14.3. The number of ether oxygens (including phenoxy) is 3. The summed E-state index contributed by atoms with van der Waals surface area (Å²) in [6.07, 6.45) is 0.256. The second-order valence-electron chi connectivity index (χ2n) is 4.05. The molecule has 3 N–H and O–H groups in total. The van der Waals surface area contributed by atoms with Gasteiger partial charge in [0.25, 0.3) is 0 Å². The molecule has 0 amide bonds. The lowest BCUT2D eigenvalue weighted by Gasteiger charge is -2.13. The van der Waals surface area contributed by atoms with Crippen LogP contribution < -0.4 is 15.2 Å². The first-order valence-corrected chi connectivity index (χ1v) is 6.41. The summed E-state index contributed by atoms with van der Waals surface area (Å²) in [6, 6.07) is 5.41. The Morgan fingerprint density at radius 1 is 1.26 bits per heavy atom. The maximum atomic E-state index is 11.4. The molecular formula is C14H22NO4+. The SMILES string of the molecule is CCOC(=O)C[C@@H]([NH3+])c1ccc(OC)c(OCC)c1. The number of rotatable bonds is 7. The molecule has 0 heterocycles. The van der Waals surface area contributed by atoms with E-state index in [1.54, 1.807) is 14.0 Å². The second-order valence-corrected chi connectivity index (χ2v) is 4.05. The number of benzene rings is 1. The van der Waals surface area contributed by atoms with Gasteiger partial charge in [-0.05, 0) is 32.0 Å². The van der Waals surface area contributed by atoms with Crippen molar-refractivity contribution >= 4 is 5.97 Å². The quantitative estimate of drug-likeness (QED) is 0.757. The Labute approximate surface area is 113 Å². The average Bonchev–Trinajstić information content (AvgIpc) is 2.39.